The molecule has 92 valence electrons. The van der Waals surface area contributed by atoms with Crippen molar-refractivity contribution >= 4 is 21.8 Å². The summed E-state index contributed by atoms with van der Waals surface area (Å²) in [6.07, 6.45) is 0. The quantitative estimate of drug-likeness (QED) is 0.913. The molecule has 0 heterocycles. The molecule has 0 aliphatic carbocycles. The Kier molecular flexibility index (Phi) is 3.50. The van der Waals surface area contributed by atoms with Crippen LogP contribution in [-0.4, -0.2) is 11.0 Å². The van der Waals surface area contributed by atoms with Crippen molar-refractivity contribution in [1.29, 1.82) is 0 Å². The van der Waals surface area contributed by atoms with E-state index in [1.54, 1.807) is 48.5 Å². The number of halogens is 1. The van der Waals surface area contributed by atoms with Gasteiger partial charge < -0.3 is 10.8 Å². The number of carbonyl (C=O) groups is 1. The lowest BCUT2D eigenvalue weighted by Crippen LogP contribution is -2.42. The van der Waals surface area contributed by atoms with Gasteiger partial charge in [-0.15, -0.1) is 0 Å². The summed E-state index contributed by atoms with van der Waals surface area (Å²) < 4.78 is 0.634. The van der Waals surface area contributed by atoms with Crippen LogP contribution in [0.25, 0.3) is 0 Å². The van der Waals surface area contributed by atoms with Gasteiger partial charge in [0.2, 0.25) is 0 Å². The molecule has 1 unspecified atom stereocenters. The standard InChI is InChI=1S/C14H12BrNO2/c15-12-9-5-4-8-11(12)14(18,13(16)17)10-6-2-1-3-7-10/h1-9,18H,(H2,16,17). The van der Waals surface area contributed by atoms with Crippen molar-refractivity contribution in [3.05, 3.63) is 70.2 Å². The van der Waals surface area contributed by atoms with Crippen LogP contribution in [-0.2, 0) is 10.4 Å². The number of benzene rings is 2. The Bertz CT molecular complexity index is 571. The number of aliphatic hydroxyl groups is 1. The third-order valence-electron chi connectivity index (χ3n) is 2.81. The van der Waals surface area contributed by atoms with Crippen LogP contribution in [0.4, 0.5) is 0 Å². The Hall–Kier alpha value is -1.65. The van der Waals surface area contributed by atoms with Crippen molar-refractivity contribution in [2.75, 3.05) is 0 Å². The predicted octanol–water partition coefficient (Wildman–Crippen LogP) is 2.17. The molecule has 18 heavy (non-hydrogen) atoms. The molecule has 0 aliphatic heterocycles. The third kappa shape index (κ3) is 2.05. The van der Waals surface area contributed by atoms with E-state index >= 15 is 0 Å². The molecule has 0 aromatic heterocycles. The molecular formula is C14H12BrNO2. The van der Waals surface area contributed by atoms with Crippen LogP contribution in [0.15, 0.2) is 59.1 Å². The van der Waals surface area contributed by atoms with E-state index in [9.17, 15) is 9.90 Å². The lowest BCUT2D eigenvalue weighted by molar-refractivity contribution is -0.133. The van der Waals surface area contributed by atoms with E-state index in [-0.39, 0.29) is 0 Å². The monoisotopic (exact) mass is 305 g/mol. The van der Waals surface area contributed by atoms with Gasteiger partial charge in [-0.05, 0) is 11.6 Å². The highest BCUT2D eigenvalue weighted by molar-refractivity contribution is 9.10. The fourth-order valence-corrected chi connectivity index (χ4v) is 2.44. The van der Waals surface area contributed by atoms with Crippen LogP contribution in [0.5, 0.6) is 0 Å². The number of amides is 1. The lowest BCUT2D eigenvalue weighted by Gasteiger charge is -2.26. The van der Waals surface area contributed by atoms with Gasteiger partial charge in [-0.3, -0.25) is 4.79 Å². The minimum Gasteiger partial charge on any atom is -0.372 e. The molecule has 3 nitrogen and oxygen atoms in total. The molecular weight excluding hydrogens is 294 g/mol. The van der Waals surface area contributed by atoms with Gasteiger partial charge in [-0.25, -0.2) is 0 Å². The maximum atomic E-state index is 11.7. The third-order valence-corrected chi connectivity index (χ3v) is 3.50. The molecule has 1 amide bonds. The summed E-state index contributed by atoms with van der Waals surface area (Å²) in [5.74, 6) is -0.805. The summed E-state index contributed by atoms with van der Waals surface area (Å²) in [5.41, 5.74) is 4.44. The number of primary amides is 1. The van der Waals surface area contributed by atoms with E-state index in [2.05, 4.69) is 15.9 Å². The van der Waals surface area contributed by atoms with Gasteiger partial charge in [0.15, 0.2) is 5.60 Å². The molecule has 1 atom stereocenters. The minimum absolute atomic E-state index is 0.434. The summed E-state index contributed by atoms with van der Waals surface area (Å²) in [5, 5.41) is 10.7. The van der Waals surface area contributed by atoms with E-state index in [0.29, 0.717) is 15.6 Å². The van der Waals surface area contributed by atoms with Gasteiger partial charge in [0.1, 0.15) is 0 Å². The highest BCUT2D eigenvalue weighted by Crippen LogP contribution is 2.34. The molecule has 2 aromatic rings. The second-order valence-electron chi connectivity index (χ2n) is 3.92. The minimum atomic E-state index is -1.83. The zero-order valence-electron chi connectivity index (χ0n) is 9.51. The fraction of sp³-hybridized carbons (Fsp3) is 0.0714. The van der Waals surface area contributed by atoms with Gasteiger partial charge in [0, 0.05) is 10.0 Å². The van der Waals surface area contributed by atoms with E-state index in [4.69, 9.17) is 5.73 Å². The Balaban J connectivity index is 2.67. The van der Waals surface area contributed by atoms with Gasteiger partial charge in [0.05, 0.1) is 0 Å². The van der Waals surface area contributed by atoms with Crippen molar-refractivity contribution in [1.82, 2.24) is 0 Å². The Morgan fingerprint density at radius 1 is 1.06 bits per heavy atom. The van der Waals surface area contributed by atoms with E-state index in [1.165, 1.54) is 0 Å². The average molecular weight is 306 g/mol. The molecule has 0 saturated heterocycles. The second kappa shape index (κ2) is 4.92. The first-order chi connectivity index (χ1) is 8.56. The van der Waals surface area contributed by atoms with Crippen molar-refractivity contribution in [2.45, 2.75) is 5.60 Å². The summed E-state index contributed by atoms with van der Waals surface area (Å²) in [6.45, 7) is 0. The number of hydrogen-bond donors (Lipinski definition) is 2. The van der Waals surface area contributed by atoms with Gasteiger partial charge >= 0.3 is 0 Å². The Morgan fingerprint density at radius 3 is 2.17 bits per heavy atom. The molecule has 0 aliphatic rings. The topological polar surface area (TPSA) is 63.3 Å². The molecule has 0 bridgehead atoms. The lowest BCUT2D eigenvalue weighted by atomic mass is 9.86. The van der Waals surface area contributed by atoms with Crippen LogP contribution >= 0.6 is 15.9 Å². The number of hydrogen-bond acceptors (Lipinski definition) is 2. The van der Waals surface area contributed by atoms with Crippen LogP contribution in [0.2, 0.25) is 0 Å². The first kappa shape index (κ1) is 12.8. The maximum absolute atomic E-state index is 11.7. The first-order valence-corrected chi connectivity index (χ1v) is 6.19. The molecule has 0 saturated carbocycles. The highest BCUT2D eigenvalue weighted by Gasteiger charge is 2.39. The Morgan fingerprint density at radius 2 is 1.61 bits per heavy atom. The SMILES string of the molecule is NC(=O)C(O)(c1ccccc1)c1ccccc1Br. The smallest absolute Gasteiger partial charge is 0.258 e. The zero-order valence-corrected chi connectivity index (χ0v) is 11.1. The molecule has 3 N–H and O–H groups in total. The largest absolute Gasteiger partial charge is 0.372 e. The molecule has 2 rings (SSSR count). The summed E-state index contributed by atoms with van der Waals surface area (Å²) in [4.78, 5) is 11.7. The Labute approximate surface area is 113 Å². The van der Waals surface area contributed by atoms with Crippen molar-refractivity contribution in [3.8, 4) is 0 Å². The normalized spacial score (nSPS) is 13.9. The van der Waals surface area contributed by atoms with E-state index in [1.807, 2.05) is 6.07 Å². The van der Waals surface area contributed by atoms with Gasteiger partial charge in [-0.2, -0.15) is 0 Å². The van der Waals surface area contributed by atoms with Crippen LogP contribution in [0.1, 0.15) is 11.1 Å². The predicted molar refractivity (Wildman–Crippen MR) is 72.8 cm³/mol. The summed E-state index contributed by atoms with van der Waals surface area (Å²) >= 11 is 3.33. The van der Waals surface area contributed by atoms with Crippen molar-refractivity contribution in [2.24, 2.45) is 5.73 Å². The molecule has 0 fully saturated rings. The highest BCUT2D eigenvalue weighted by atomic mass is 79.9. The average Bonchev–Trinajstić information content (AvgIpc) is 2.39. The van der Waals surface area contributed by atoms with Gasteiger partial charge in [-0.1, -0.05) is 64.5 Å². The van der Waals surface area contributed by atoms with Crippen molar-refractivity contribution < 1.29 is 9.90 Å². The number of rotatable bonds is 3. The number of carbonyl (C=O) groups excluding carboxylic acids is 1. The molecule has 0 spiro atoms. The second-order valence-corrected chi connectivity index (χ2v) is 4.77. The van der Waals surface area contributed by atoms with Crippen molar-refractivity contribution in [3.63, 3.8) is 0 Å². The van der Waals surface area contributed by atoms with E-state index < -0.39 is 11.5 Å². The summed E-state index contributed by atoms with van der Waals surface area (Å²) in [7, 11) is 0. The molecule has 2 aromatic carbocycles. The maximum Gasteiger partial charge on any atom is 0.258 e. The molecule has 0 radical (unpaired) electrons. The molecule has 4 heteroatoms. The fourth-order valence-electron chi connectivity index (χ4n) is 1.86. The van der Waals surface area contributed by atoms with Gasteiger partial charge in [0.25, 0.3) is 5.91 Å². The zero-order chi connectivity index (χ0) is 13.2. The number of nitrogens with two attached hydrogens (primary N) is 1. The first-order valence-electron chi connectivity index (χ1n) is 5.39. The van der Waals surface area contributed by atoms with Crippen LogP contribution < -0.4 is 5.73 Å². The summed E-state index contributed by atoms with van der Waals surface area (Å²) in [6, 6.07) is 15.6. The van der Waals surface area contributed by atoms with E-state index in [0.717, 1.165) is 0 Å². The van der Waals surface area contributed by atoms with Crippen LogP contribution in [0.3, 0.4) is 0 Å². The van der Waals surface area contributed by atoms with Crippen LogP contribution in [0, 0.1) is 0 Å².